The van der Waals surface area contributed by atoms with Gasteiger partial charge in [-0.15, -0.1) is 0 Å². The molecular formula is C7H8INO3. The van der Waals surface area contributed by atoms with E-state index in [1.807, 2.05) is 22.6 Å². The Balaban J connectivity index is 2.70. The predicted molar refractivity (Wildman–Crippen MR) is 49.8 cm³/mol. The van der Waals surface area contributed by atoms with Crippen molar-refractivity contribution in [3.8, 4) is 0 Å². The Labute approximate surface area is 83.4 Å². The largest absolute Gasteiger partial charge is 0.298 e. The number of Topliss-reactive ketones (excluding diaryl/α,β-unsaturated/α-hetero) is 1. The van der Waals surface area contributed by atoms with E-state index < -0.39 is 0 Å². The number of hydrogen-bond acceptors (Lipinski definition) is 3. The normalized spacial score (nSPS) is 23.5. The number of nitrogens with zero attached hydrogens (tertiary/aromatic N) is 1. The molecule has 0 aromatic rings. The third-order valence-electron chi connectivity index (χ3n) is 1.57. The number of carbonyl (C=O) groups is 3. The predicted octanol–water partition coefficient (Wildman–Crippen LogP) is 0.138. The number of likely N-dealkylation sites (tertiary alicyclic amines) is 1. The first kappa shape index (κ1) is 9.63. The fraction of sp³-hybridized carbons (Fsp3) is 0.571. The molecule has 0 radical (unpaired) electrons. The van der Waals surface area contributed by atoms with Crippen molar-refractivity contribution in [1.29, 1.82) is 0 Å². The first-order chi connectivity index (χ1) is 5.52. The number of imide groups is 1. The zero-order valence-corrected chi connectivity index (χ0v) is 8.70. The van der Waals surface area contributed by atoms with Crippen molar-refractivity contribution in [3.05, 3.63) is 0 Å². The molecule has 0 bridgehead atoms. The summed E-state index contributed by atoms with van der Waals surface area (Å²) in [6.45, 7) is 1.29. The minimum Gasteiger partial charge on any atom is -0.298 e. The summed E-state index contributed by atoms with van der Waals surface area (Å²) in [4.78, 5) is 34.0. The molecule has 66 valence electrons. The van der Waals surface area contributed by atoms with E-state index in [1.54, 1.807) is 0 Å². The van der Waals surface area contributed by atoms with Gasteiger partial charge in [0.05, 0.1) is 10.5 Å². The smallest absolute Gasteiger partial charge is 0.243 e. The van der Waals surface area contributed by atoms with Crippen LogP contribution in [0.4, 0.5) is 0 Å². The van der Waals surface area contributed by atoms with Gasteiger partial charge in [0.15, 0.2) is 0 Å². The molecule has 1 unspecified atom stereocenters. The molecule has 1 atom stereocenters. The second kappa shape index (κ2) is 3.51. The topological polar surface area (TPSA) is 54.5 Å². The van der Waals surface area contributed by atoms with Crippen LogP contribution in [0.3, 0.4) is 0 Å². The van der Waals surface area contributed by atoms with Gasteiger partial charge < -0.3 is 0 Å². The fourth-order valence-electron chi connectivity index (χ4n) is 1.03. The molecule has 0 aromatic carbocycles. The fourth-order valence-corrected chi connectivity index (χ4v) is 1.74. The highest BCUT2D eigenvalue weighted by atomic mass is 127. The molecule has 1 fully saturated rings. The van der Waals surface area contributed by atoms with Gasteiger partial charge in [-0.1, -0.05) is 22.6 Å². The summed E-state index contributed by atoms with van der Waals surface area (Å²) in [7, 11) is 0. The van der Waals surface area contributed by atoms with Crippen molar-refractivity contribution in [3.63, 3.8) is 0 Å². The van der Waals surface area contributed by atoms with Crippen LogP contribution in [0.1, 0.15) is 13.3 Å². The maximum Gasteiger partial charge on any atom is 0.243 e. The average molecular weight is 281 g/mol. The van der Waals surface area contributed by atoms with Gasteiger partial charge in [0.25, 0.3) is 0 Å². The molecule has 1 aliphatic heterocycles. The minimum absolute atomic E-state index is 0.0723. The molecule has 4 nitrogen and oxygen atoms in total. The lowest BCUT2D eigenvalue weighted by atomic mass is 10.4. The van der Waals surface area contributed by atoms with Crippen molar-refractivity contribution in [2.24, 2.45) is 0 Å². The van der Waals surface area contributed by atoms with Crippen LogP contribution in [0.5, 0.6) is 0 Å². The quantitative estimate of drug-likeness (QED) is 0.411. The zero-order valence-electron chi connectivity index (χ0n) is 6.54. The summed E-state index contributed by atoms with van der Waals surface area (Å²) in [5.41, 5.74) is 0. The van der Waals surface area contributed by atoms with Crippen LogP contribution < -0.4 is 0 Å². The molecule has 5 heteroatoms. The number of ketones is 1. The summed E-state index contributed by atoms with van der Waals surface area (Å²) >= 11 is 1.91. The Morgan fingerprint density at radius 3 is 2.58 bits per heavy atom. The zero-order chi connectivity index (χ0) is 9.30. The van der Waals surface area contributed by atoms with Gasteiger partial charge in [-0.3, -0.25) is 19.3 Å². The average Bonchev–Trinajstić information content (AvgIpc) is 2.16. The van der Waals surface area contributed by atoms with E-state index >= 15 is 0 Å². The second-order valence-corrected chi connectivity index (χ2v) is 4.20. The molecule has 0 saturated carbocycles. The van der Waals surface area contributed by atoms with Crippen LogP contribution in [0.2, 0.25) is 0 Å². The van der Waals surface area contributed by atoms with E-state index in [0.29, 0.717) is 0 Å². The summed E-state index contributed by atoms with van der Waals surface area (Å²) in [5.74, 6) is -0.646. The number of amides is 2. The summed E-state index contributed by atoms with van der Waals surface area (Å²) in [5, 5.41) is 0. The Morgan fingerprint density at radius 2 is 2.25 bits per heavy atom. The van der Waals surface area contributed by atoms with Crippen LogP contribution >= 0.6 is 22.6 Å². The van der Waals surface area contributed by atoms with Crippen molar-refractivity contribution in [1.82, 2.24) is 4.90 Å². The third kappa shape index (κ3) is 1.82. The molecule has 0 N–H and O–H groups in total. The van der Waals surface area contributed by atoms with Crippen LogP contribution in [-0.2, 0) is 14.4 Å². The van der Waals surface area contributed by atoms with Crippen molar-refractivity contribution in [2.75, 3.05) is 6.54 Å². The van der Waals surface area contributed by atoms with Crippen LogP contribution in [0.25, 0.3) is 0 Å². The Morgan fingerprint density at radius 1 is 1.67 bits per heavy atom. The highest BCUT2D eigenvalue weighted by molar-refractivity contribution is 14.1. The van der Waals surface area contributed by atoms with E-state index in [-0.39, 0.29) is 34.5 Å². The molecular weight excluding hydrogens is 273 g/mol. The van der Waals surface area contributed by atoms with Gasteiger partial charge in [0, 0.05) is 6.42 Å². The Kier molecular flexibility index (Phi) is 2.81. The molecule has 0 aromatic heterocycles. The van der Waals surface area contributed by atoms with Crippen molar-refractivity contribution < 1.29 is 14.4 Å². The van der Waals surface area contributed by atoms with E-state index in [1.165, 1.54) is 6.92 Å². The molecule has 0 spiro atoms. The molecule has 2 amide bonds. The van der Waals surface area contributed by atoms with Gasteiger partial charge in [0.2, 0.25) is 11.8 Å². The van der Waals surface area contributed by atoms with Crippen molar-refractivity contribution >= 4 is 40.2 Å². The molecule has 0 aliphatic carbocycles. The van der Waals surface area contributed by atoms with Gasteiger partial charge in [-0.2, -0.15) is 0 Å². The molecule has 1 heterocycles. The lowest BCUT2D eigenvalue weighted by Crippen LogP contribution is -2.34. The van der Waals surface area contributed by atoms with Gasteiger partial charge >= 0.3 is 0 Å². The number of halogens is 1. The van der Waals surface area contributed by atoms with Crippen LogP contribution in [0, 0.1) is 0 Å². The molecule has 1 saturated heterocycles. The highest BCUT2D eigenvalue weighted by Crippen LogP contribution is 2.19. The van der Waals surface area contributed by atoms with Gasteiger partial charge in [0.1, 0.15) is 5.78 Å². The summed E-state index contributed by atoms with van der Waals surface area (Å²) in [6.07, 6.45) is 0.229. The Bertz CT molecular complexity index is 251. The first-order valence-electron chi connectivity index (χ1n) is 3.50. The maximum atomic E-state index is 11.2. The number of carbonyl (C=O) groups excluding carboxylic acids is 3. The summed E-state index contributed by atoms with van der Waals surface area (Å²) < 4.78 is -0.283. The monoisotopic (exact) mass is 281 g/mol. The van der Waals surface area contributed by atoms with Crippen LogP contribution in [-0.4, -0.2) is 33.0 Å². The molecule has 12 heavy (non-hydrogen) atoms. The Hall–Kier alpha value is -0.460. The molecule has 1 rings (SSSR count). The SMILES string of the molecule is CC(=O)CN1C(=O)CC(I)C1=O. The standard InChI is InChI=1S/C7H8INO3/c1-4(10)3-9-6(11)2-5(8)7(9)12/h5H,2-3H2,1H3. The van der Waals surface area contributed by atoms with Gasteiger partial charge in [-0.25, -0.2) is 0 Å². The van der Waals surface area contributed by atoms with E-state index in [0.717, 1.165) is 4.90 Å². The number of rotatable bonds is 2. The van der Waals surface area contributed by atoms with Crippen LogP contribution in [0.15, 0.2) is 0 Å². The minimum atomic E-state index is -0.283. The summed E-state index contributed by atoms with van der Waals surface area (Å²) in [6, 6.07) is 0. The molecule has 1 aliphatic rings. The van der Waals surface area contributed by atoms with E-state index in [2.05, 4.69) is 0 Å². The lowest BCUT2D eigenvalue weighted by Gasteiger charge is -2.10. The second-order valence-electron chi connectivity index (χ2n) is 2.69. The maximum absolute atomic E-state index is 11.2. The number of alkyl halides is 1. The van der Waals surface area contributed by atoms with E-state index in [9.17, 15) is 14.4 Å². The van der Waals surface area contributed by atoms with Gasteiger partial charge in [-0.05, 0) is 6.92 Å². The first-order valence-corrected chi connectivity index (χ1v) is 4.74. The van der Waals surface area contributed by atoms with E-state index in [4.69, 9.17) is 0 Å². The number of hydrogen-bond donors (Lipinski definition) is 0. The third-order valence-corrected chi connectivity index (χ3v) is 2.54. The van der Waals surface area contributed by atoms with Crippen molar-refractivity contribution in [2.45, 2.75) is 17.3 Å². The lowest BCUT2D eigenvalue weighted by molar-refractivity contribution is -0.141. The highest BCUT2D eigenvalue weighted by Gasteiger charge is 2.36.